The van der Waals surface area contributed by atoms with Crippen LogP contribution in [0.2, 0.25) is 0 Å². The number of carbonyl (C=O) groups is 2. The largest absolute Gasteiger partial charge is 0.573 e. The number of methoxy groups -OCH3 is 2. The fraction of sp³-hybridized carbons (Fsp3) is 0.241. The molecule has 0 spiro atoms. The topological polar surface area (TPSA) is 100.0 Å². The minimum Gasteiger partial charge on any atom is -0.493 e. The van der Waals surface area contributed by atoms with Crippen molar-refractivity contribution in [2.24, 2.45) is 0 Å². The van der Waals surface area contributed by atoms with Crippen molar-refractivity contribution in [3.63, 3.8) is 0 Å². The molecule has 0 N–H and O–H groups in total. The zero-order valence-electron chi connectivity index (χ0n) is 22.0. The van der Waals surface area contributed by atoms with E-state index in [2.05, 4.69) is 9.72 Å². The quantitative estimate of drug-likeness (QED) is 0.277. The van der Waals surface area contributed by atoms with Gasteiger partial charge in [-0.25, -0.2) is 4.98 Å². The third kappa shape index (κ3) is 5.58. The first-order valence-corrected chi connectivity index (χ1v) is 12.5. The smallest absolute Gasteiger partial charge is 0.493 e. The summed E-state index contributed by atoms with van der Waals surface area (Å²) in [5.74, 6) is -0.204. The highest BCUT2D eigenvalue weighted by molar-refractivity contribution is 6.21. The highest BCUT2D eigenvalue weighted by Crippen LogP contribution is 2.29. The molecule has 0 bridgehead atoms. The maximum Gasteiger partial charge on any atom is 0.573 e. The van der Waals surface area contributed by atoms with Crippen molar-refractivity contribution >= 4 is 22.7 Å². The van der Waals surface area contributed by atoms with Crippen molar-refractivity contribution in [2.75, 3.05) is 20.8 Å². The number of hydrogen-bond donors (Lipinski definition) is 0. The first-order valence-electron chi connectivity index (χ1n) is 12.5. The summed E-state index contributed by atoms with van der Waals surface area (Å²) >= 11 is 0. The van der Waals surface area contributed by atoms with Crippen molar-refractivity contribution in [1.29, 1.82) is 0 Å². The van der Waals surface area contributed by atoms with Crippen molar-refractivity contribution in [2.45, 2.75) is 25.7 Å². The first kappa shape index (κ1) is 27.7. The Hall–Kier alpha value is -4.87. The third-order valence-electron chi connectivity index (χ3n) is 6.75. The van der Waals surface area contributed by atoms with Crippen LogP contribution in [0, 0.1) is 0 Å². The lowest BCUT2D eigenvalue weighted by Gasteiger charge is -2.18. The van der Waals surface area contributed by atoms with Crippen LogP contribution < -0.4 is 19.8 Å². The number of nitrogens with zero attached hydrogens (tertiary/aromatic N) is 3. The van der Waals surface area contributed by atoms with Crippen molar-refractivity contribution in [1.82, 2.24) is 14.5 Å². The lowest BCUT2D eigenvalue weighted by molar-refractivity contribution is -0.274. The van der Waals surface area contributed by atoms with E-state index >= 15 is 0 Å². The van der Waals surface area contributed by atoms with Crippen LogP contribution in [0.5, 0.6) is 17.2 Å². The normalized spacial score (nSPS) is 13.0. The Labute approximate surface area is 231 Å². The molecule has 0 fully saturated rings. The molecule has 0 radical (unpaired) electrons. The van der Waals surface area contributed by atoms with Gasteiger partial charge in [0.25, 0.3) is 17.4 Å². The molecular formula is C29H24F3N3O6. The van der Waals surface area contributed by atoms with Gasteiger partial charge in [0.2, 0.25) is 0 Å². The van der Waals surface area contributed by atoms with Crippen LogP contribution in [-0.2, 0) is 19.4 Å². The second-order valence-corrected chi connectivity index (χ2v) is 9.21. The Balaban J connectivity index is 1.49. The molecule has 9 nitrogen and oxygen atoms in total. The van der Waals surface area contributed by atoms with E-state index in [-0.39, 0.29) is 47.4 Å². The number of halogens is 3. The minimum atomic E-state index is -4.92. The Morgan fingerprint density at radius 3 is 2.12 bits per heavy atom. The maximum atomic E-state index is 13.6. The molecule has 2 amide bonds. The van der Waals surface area contributed by atoms with E-state index in [0.29, 0.717) is 17.9 Å². The van der Waals surface area contributed by atoms with E-state index in [1.54, 1.807) is 36.4 Å². The molecular weight excluding hydrogens is 543 g/mol. The predicted molar refractivity (Wildman–Crippen MR) is 141 cm³/mol. The number of imide groups is 1. The Bertz CT molecular complexity index is 1680. The average Bonchev–Trinajstić information content (AvgIpc) is 3.19. The van der Waals surface area contributed by atoms with Crippen molar-refractivity contribution in [3.05, 3.63) is 93.5 Å². The molecule has 1 aliphatic rings. The molecule has 0 unspecified atom stereocenters. The number of fused-ring (bicyclic) bond motifs is 2. The van der Waals surface area contributed by atoms with Crippen LogP contribution in [0.1, 0.15) is 32.1 Å². The number of carbonyl (C=O) groups excluding carboxylic acids is 2. The fourth-order valence-corrected chi connectivity index (χ4v) is 4.80. The molecule has 2 heterocycles. The molecule has 212 valence electrons. The van der Waals surface area contributed by atoms with Crippen LogP contribution in [0.25, 0.3) is 10.9 Å². The van der Waals surface area contributed by atoms with E-state index < -0.39 is 29.5 Å². The van der Waals surface area contributed by atoms with Crippen LogP contribution in [0.4, 0.5) is 13.2 Å². The Kier molecular flexibility index (Phi) is 7.40. The number of aryl methyl sites for hydroxylation is 1. The number of aromatic nitrogens is 2. The van der Waals surface area contributed by atoms with E-state index in [4.69, 9.17) is 9.47 Å². The number of benzene rings is 3. The molecule has 1 aromatic heterocycles. The predicted octanol–water partition coefficient (Wildman–Crippen LogP) is 4.39. The number of amides is 2. The summed E-state index contributed by atoms with van der Waals surface area (Å²) in [6, 6.07) is 15.1. The molecule has 1 aliphatic heterocycles. The molecule has 0 atom stereocenters. The highest BCUT2D eigenvalue weighted by Gasteiger charge is 2.35. The number of ether oxygens (including phenoxy) is 3. The monoisotopic (exact) mass is 567 g/mol. The molecule has 4 aromatic rings. The standard InChI is InChI=1S/C29H24F3N3O6/c1-39-23-10-7-17(15-24(23)40-2)11-13-34-25(12-14-35-26(36)19-5-3-4-6-20(19)27(35)37)33-22-16-18(41-29(30,31)32)8-9-21(22)28(34)38/h3-10,15-16H,11-14H2,1-2H3. The van der Waals surface area contributed by atoms with Gasteiger partial charge in [0.05, 0.1) is 36.2 Å². The minimum absolute atomic E-state index is 0.00326. The number of alkyl halides is 3. The molecule has 0 aliphatic carbocycles. The van der Waals surface area contributed by atoms with Gasteiger partial charge in [-0.15, -0.1) is 13.2 Å². The lowest BCUT2D eigenvalue weighted by Crippen LogP contribution is -2.34. The summed E-state index contributed by atoms with van der Waals surface area (Å²) in [5.41, 5.74) is 0.908. The van der Waals surface area contributed by atoms with Gasteiger partial charge in [-0.05, 0) is 48.4 Å². The highest BCUT2D eigenvalue weighted by atomic mass is 19.4. The van der Waals surface area contributed by atoms with E-state index in [9.17, 15) is 27.6 Å². The Morgan fingerprint density at radius 2 is 1.49 bits per heavy atom. The summed E-state index contributed by atoms with van der Waals surface area (Å²) < 4.78 is 54.5. The molecule has 0 saturated carbocycles. The van der Waals surface area contributed by atoms with Crippen molar-refractivity contribution in [3.8, 4) is 17.2 Å². The summed E-state index contributed by atoms with van der Waals surface area (Å²) in [5, 5.41) is 0.0938. The summed E-state index contributed by atoms with van der Waals surface area (Å²) in [6.07, 6.45) is -4.55. The van der Waals surface area contributed by atoms with E-state index in [0.717, 1.165) is 22.6 Å². The second-order valence-electron chi connectivity index (χ2n) is 9.21. The first-order chi connectivity index (χ1) is 19.6. The third-order valence-corrected chi connectivity index (χ3v) is 6.75. The lowest BCUT2D eigenvalue weighted by atomic mass is 10.1. The number of rotatable bonds is 9. The van der Waals surface area contributed by atoms with Crippen LogP contribution in [0.3, 0.4) is 0 Å². The van der Waals surface area contributed by atoms with Gasteiger partial charge in [0.1, 0.15) is 11.6 Å². The summed E-state index contributed by atoms with van der Waals surface area (Å²) in [6.45, 7) is 0.0783. The summed E-state index contributed by atoms with van der Waals surface area (Å²) in [4.78, 5) is 44.8. The average molecular weight is 568 g/mol. The van der Waals surface area contributed by atoms with E-state index in [1.165, 1.54) is 24.9 Å². The van der Waals surface area contributed by atoms with Crippen LogP contribution >= 0.6 is 0 Å². The molecule has 5 rings (SSSR count). The van der Waals surface area contributed by atoms with Gasteiger partial charge in [0.15, 0.2) is 11.5 Å². The van der Waals surface area contributed by atoms with E-state index in [1.807, 2.05) is 6.07 Å². The SMILES string of the molecule is COc1ccc(CCn2c(CCN3C(=O)c4ccccc4C3=O)nc3cc(OC(F)(F)F)ccc3c2=O)cc1OC. The van der Waals surface area contributed by atoms with Crippen molar-refractivity contribution < 1.29 is 37.0 Å². The molecule has 12 heteroatoms. The van der Waals surface area contributed by atoms with Gasteiger partial charge < -0.3 is 14.2 Å². The maximum absolute atomic E-state index is 13.6. The fourth-order valence-electron chi connectivity index (χ4n) is 4.80. The zero-order valence-corrected chi connectivity index (χ0v) is 22.0. The van der Waals surface area contributed by atoms with Crippen LogP contribution in [-0.4, -0.2) is 53.4 Å². The number of hydrogen-bond acceptors (Lipinski definition) is 7. The Morgan fingerprint density at radius 1 is 0.805 bits per heavy atom. The van der Waals surface area contributed by atoms with Gasteiger partial charge >= 0.3 is 6.36 Å². The molecule has 41 heavy (non-hydrogen) atoms. The second kappa shape index (κ2) is 11.0. The zero-order chi connectivity index (χ0) is 29.3. The van der Waals surface area contributed by atoms with Gasteiger partial charge in [-0.3, -0.25) is 23.9 Å². The van der Waals surface area contributed by atoms with Crippen LogP contribution in [0.15, 0.2) is 65.5 Å². The summed E-state index contributed by atoms with van der Waals surface area (Å²) in [7, 11) is 3.02. The van der Waals surface area contributed by atoms with Gasteiger partial charge in [-0.2, -0.15) is 0 Å². The molecule has 0 saturated heterocycles. The van der Waals surface area contributed by atoms with Gasteiger partial charge in [-0.1, -0.05) is 18.2 Å². The van der Waals surface area contributed by atoms with Gasteiger partial charge in [0, 0.05) is 25.6 Å². The molecule has 3 aromatic carbocycles.